The van der Waals surface area contributed by atoms with E-state index in [2.05, 4.69) is 6.92 Å². The quantitative estimate of drug-likeness (QED) is 0.896. The lowest BCUT2D eigenvalue weighted by Gasteiger charge is -2.19. The van der Waals surface area contributed by atoms with Gasteiger partial charge in [0.05, 0.1) is 25.9 Å². The summed E-state index contributed by atoms with van der Waals surface area (Å²) in [5, 5.41) is 10.4. The predicted molar refractivity (Wildman–Crippen MR) is 70.9 cm³/mol. The molecule has 1 aromatic carbocycles. The molecule has 3 nitrogen and oxygen atoms in total. The largest absolute Gasteiger partial charge is 0.496 e. The van der Waals surface area contributed by atoms with Gasteiger partial charge in [-0.2, -0.15) is 0 Å². The minimum Gasteiger partial charge on any atom is -0.496 e. The molecule has 1 aromatic rings. The lowest BCUT2D eigenvalue weighted by atomic mass is 9.91. The van der Waals surface area contributed by atoms with Crippen LogP contribution in [0.25, 0.3) is 0 Å². The van der Waals surface area contributed by atoms with E-state index >= 15 is 0 Å². The first-order valence-corrected chi connectivity index (χ1v) is 6.47. The van der Waals surface area contributed by atoms with Crippen molar-refractivity contribution >= 4 is 0 Å². The first-order chi connectivity index (χ1) is 8.52. The van der Waals surface area contributed by atoms with Gasteiger partial charge >= 0.3 is 0 Å². The highest BCUT2D eigenvalue weighted by atomic mass is 16.5. The van der Waals surface area contributed by atoms with Crippen LogP contribution in [0.4, 0.5) is 0 Å². The van der Waals surface area contributed by atoms with Gasteiger partial charge in [-0.05, 0) is 56.0 Å². The third kappa shape index (κ3) is 2.52. The Labute approximate surface area is 109 Å². The highest BCUT2D eigenvalue weighted by molar-refractivity contribution is 5.44. The lowest BCUT2D eigenvalue weighted by molar-refractivity contribution is 0.0803. The molecule has 1 saturated heterocycles. The van der Waals surface area contributed by atoms with Crippen molar-refractivity contribution in [3.05, 3.63) is 28.8 Å². The van der Waals surface area contributed by atoms with E-state index in [1.807, 2.05) is 26.0 Å². The Morgan fingerprint density at radius 2 is 1.94 bits per heavy atom. The van der Waals surface area contributed by atoms with Crippen molar-refractivity contribution in [2.45, 2.75) is 39.4 Å². The number of aliphatic hydroxyl groups excluding tert-OH is 1. The summed E-state index contributed by atoms with van der Waals surface area (Å²) in [6, 6.07) is 4.03. The van der Waals surface area contributed by atoms with Gasteiger partial charge in [0.2, 0.25) is 0 Å². The van der Waals surface area contributed by atoms with Gasteiger partial charge in [0, 0.05) is 5.92 Å². The van der Waals surface area contributed by atoms with Gasteiger partial charge in [0.25, 0.3) is 0 Å². The Morgan fingerprint density at radius 1 is 1.33 bits per heavy atom. The maximum Gasteiger partial charge on any atom is 0.124 e. The molecule has 1 aliphatic heterocycles. The van der Waals surface area contributed by atoms with Gasteiger partial charge in [0.1, 0.15) is 5.75 Å². The monoisotopic (exact) mass is 250 g/mol. The Hall–Kier alpha value is -1.06. The fraction of sp³-hybridized carbons (Fsp3) is 0.600. The van der Waals surface area contributed by atoms with Crippen LogP contribution < -0.4 is 4.74 Å². The molecular weight excluding hydrogens is 228 g/mol. The Kier molecular flexibility index (Phi) is 3.93. The van der Waals surface area contributed by atoms with Gasteiger partial charge in [-0.3, -0.25) is 0 Å². The van der Waals surface area contributed by atoms with Crippen LogP contribution >= 0.6 is 0 Å². The van der Waals surface area contributed by atoms with Gasteiger partial charge < -0.3 is 14.6 Å². The molecule has 0 saturated carbocycles. The van der Waals surface area contributed by atoms with Gasteiger partial charge in [0.15, 0.2) is 0 Å². The molecule has 18 heavy (non-hydrogen) atoms. The number of methoxy groups -OCH3 is 1. The van der Waals surface area contributed by atoms with Crippen molar-refractivity contribution in [2.24, 2.45) is 5.92 Å². The van der Waals surface area contributed by atoms with Gasteiger partial charge in [-0.25, -0.2) is 0 Å². The van der Waals surface area contributed by atoms with Gasteiger partial charge in [-0.15, -0.1) is 0 Å². The molecule has 3 unspecified atom stereocenters. The molecule has 1 fully saturated rings. The maximum atomic E-state index is 10.4. The molecule has 0 spiro atoms. The summed E-state index contributed by atoms with van der Waals surface area (Å²) in [6.07, 6.45) is 0.731. The number of hydrogen-bond donors (Lipinski definition) is 1. The zero-order chi connectivity index (χ0) is 13.3. The molecule has 3 heteroatoms. The summed E-state index contributed by atoms with van der Waals surface area (Å²) < 4.78 is 10.9. The number of ether oxygens (including phenoxy) is 2. The van der Waals surface area contributed by atoms with Crippen LogP contribution in [0.2, 0.25) is 0 Å². The Bertz CT molecular complexity index is 405. The summed E-state index contributed by atoms with van der Waals surface area (Å²) in [6.45, 7) is 6.72. The van der Waals surface area contributed by atoms with Crippen LogP contribution in [0.15, 0.2) is 12.1 Å². The fourth-order valence-corrected chi connectivity index (χ4v) is 2.82. The number of aliphatic hydroxyl groups is 1. The van der Waals surface area contributed by atoms with E-state index in [9.17, 15) is 5.11 Å². The molecule has 0 radical (unpaired) electrons. The Morgan fingerprint density at radius 3 is 2.39 bits per heavy atom. The molecule has 0 amide bonds. The number of hydrogen-bond acceptors (Lipinski definition) is 3. The fourth-order valence-electron chi connectivity index (χ4n) is 2.82. The number of benzene rings is 1. The second-order valence-corrected chi connectivity index (χ2v) is 5.27. The Balaban J connectivity index is 2.23. The molecule has 0 aliphatic carbocycles. The average Bonchev–Trinajstić information content (AvgIpc) is 2.74. The normalized spacial score (nSPS) is 25.2. The first kappa shape index (κ1) is 13.4. The average molecular weight is 250 g/mol. The van der Waals surface area contributed by atoms with E-state index in [1.54, 1.807) is 7.11 Å². The molecular formula is C15H22O3. The molecule has 1 heterocycles. The maximum absolute atomic E-state index is 10.4. The minimum atomic E-state index is -0.446. The molecule has 0 aromatic heterocycles. The van der Waals surface area contributed by atoms with Crippen molar-refractivity contribution in [2.75, 3.05) is 13.7 Å². The molecule has 1 aliphatic rings. The standard InChI is InChI=1S/C15H22O3/c1-9-5-12(6-10(2)15(9)17-4)14(16)13-7-11(3)18-8-13/h5-6,11,13-14,16H,7-8H2,1-4H3. The smallest absolute Gasteiger partial charge is 0.124 e. The van der Waals surface area contributed by atoms with Crippen molar-refractivity contribution in [3.63, 3.8) is 0 Å². The third-order valence-corrected chi connectivity index (χ3v) is 3.70. The number of rotatable bonds is 3. The topological polar surface area (TPSA) is 38.7 Å². The van der Waals surface area contributed by atoms with Crippen LogP contribution in [-0.4, -0.2) is 24.9 Å². The molecule has 3 atom stereocenters. The van der Waals surface area contributed by atoms with E-state index in [-0.39, 0.29) is 12.0 Å². The van der Waals surface area contributed by atoms with Gasteiger partial charge in [-0.1, -0.05) is 0 Å². The predicted octanol–water partition coefficient (Wildman–Crippen LogP) is 2.77. The second kappa shape index (κ2) is 5.29. The van der Waals surface area contributed by atoms with E-state index in [1.165, 1.54) is 0 Å². The van der Waals surface area contributed by atoms with Crippen molar-refractivity contribution in [1.29, 1.82) is 0 Å². The van der Waals surface area contributed by atoms with Crippen molar-refractivity contribution in [3.8, 4) is 5.75 Å². The summed E-state index contributed by atoms with van der Waals surface area (Å²) in [5.74, 6) is 1.11. The highest BCUT2D eigenvalue weighted by Crippen LogP contribution is 2.34. The van der Waals surface area contributed by atoms with E-state index in [4.69, 9.17) is 9.47 Å². The van der Waals surface area contributed by atoms with Crippen molar-refractivity contribution < 1.29 is 14.6 Å². The summed E-state index contributed by atoms with van der Waals surface area (Å²) in [5.41, 5.74) is 3.10. The lowest BCUT2D eigenvalue weighted by Crippen LogP contribution is -2.13. The minimum absolute atomic E-state index is 0.201. The summed E-state index contributed by atoms with van der Waals surface area (Å²) >= 11 is 0. The zero-order valence-electron chi connectivity index (χ0n) is 11.6. The van der Waals surface area contributed by atoms with Crippen LogP contribution in [0.1, 0.15) is 36.1 Å². The van der Waals surface area contributed by atoms with Crippen LogP contribution in [-0.2, 0) is 4.74 Å². The number of aryl methyl sites for hydroxylation is 2. The van der Waals surface area contributed by atoms with E-state index in [0.29, 0.717) is 6.61 Å². The second-order valence-electron chi connectivity index (χ2n) is 5.27. The molecule has 100 valence electrons. The third-order valence-electron chi connectivity index (χ3n) is 3.70. The van der Waals surface area contributed by atoms with E-state index in [0.717, 1.165) is 28.9 Å². The molecule has 0 bridgehead atoms. The zero-order valence-corrected chi connectivity index (χ0v) is 11.6. The SMILES string of the molecule is COc1c(C)cc(C(O)C2COC(C)C2)cc1C. The van der Waals surface area contributed by atoms with E-state index < -0.39 is 6.10 Å². The molecule has 1 N–H and O–H groups in total. The van der Waals surface area contributed by atoms with Crippen LogP contribution in [0.3, 0.4) is 0 Å². The van der Waals surface area contributed by atoms with Crippen molar-refractivity contribution in [1.82, 2.24) is 0 Å². The summed E-state index contributed by atoms with van der Waals surface area (Å²) in [7, 11) is 1.68. The van der Waals surface area contributed by atoms with Crippen LogP contribution in [0, 0.1) is 19.8 Å². The highest BCUT2D eigenvalue weighted by Gasteiger charge is 2.29. The van der Waals surface area contributed by atoms with Crippen LogP contribution in [0.5, 0.6) is 5.75 Å². The molecule has 2 rings (SSSR count). The summed E-state index contributed by atoms with van der Waals surface area (Å²) in [4.78, 5) is 0. The first-order valence-electron chi connectivity index (χ1n) is 6.47.